The lowest BCUT2D eigenvalue weighted by atomic mass is 9.43. The third-order valence-corrected chi connectivity index (χ3v) is 18.2. The Morgan fingerprint density at radius 1 is 0.368 bits per heavy atom. The van der Waals surface area contributed by atoms with Crippen LogP contribution < -0.4 is 4.90 Å². The van der Waals surface area contributed by atoms with Gasteiger partial charge in [0, 0.05) is 22.4 Å². The van der Waals surface area contributed by atoms with E-state index in [4.69, 9.17) is 0 Å². The Morgan fingerprint density at radius 3 is 1.44 bits per heavy atom. The highest BCUT2D eigenvalue weighted by molar-refractivity contribution is 5.98. The van der Waals surface area contributed by atoms with Crippen LogP contribution in [-0.2, 0) is 21.7 Å². The molecule has 15 rings (SSSR count). The predicted octanol–water partition coefficient (Wildman–Crippen LogP) is 17.5. The van der Waals surface area contributed by atoms with Crippen LogP contribution in [0.15, 0.2) is 176 Å². The van der Waals surface area contributed by atoms with Gasteiger partial charge in [0.2, 0.25) is 0 Å². The fourth-order valence-corrected chi connectivity index (χ4v) is 15.5. The lowest BCUT2D eigenvalue weighted by Crippen LogP contribution is -2.55. The minimum absolute atomic E-state index is 0.0102. The van der Waals surface area contributed by atoms with Crippen LogP contribution in [0, 0.1) is 23.7 Å². The van der Waals surface area contributed by atoms with Gasteiger partial charge in [-0.25, -0.2) is 0 Å². The van der Waals surface area contributed by atoms with Gasteiger partial charge in [-0.15, -0.1) is 0 Å². The number of nitrogens with zero attached hydrogens (tertiary/aromatic N) is 1. The standard InChI is InChI=1S/C67H61N/c1-64(2,3)44-24-28-53-54-29-25-45(65(4,5)6)38-61(54)67(60(53)37-44)58-22-14-10-19-51(58)55-30-26-49(40-62(55)67)68(63-23-15-12-18-50(63)43-16-8-7-9-17-43)48-27-31-59-56(39-48)52-20-11-13-21-57(52)66(59)46-33-41-32-42(35-46)36-47(66)34-41/h7-31,37-42,46-47H,32-36H2,1-6H3. The zero-order valence-electron chi connectivity index (χ0n) is 40.5. The molecule has 1 heteroatoms. The zero-order chi connectivity index (χ0) is 45.9. The SMILES string of the molecule is CC(C)(C)c1ccc2c(c1)C1(c3ccccc3-c3ccc(N(c4ccc5c(c4)-c4ccccc4C54C5CC6CC(C5)CC4C6)c4ccccc4-c4ccccc4)cc31)c1cc(C(C)(C)C)ccc1-2. The first-order valence-corrected chi connectivity index (χ1v) is 25.7. The third-order valence-electron chi connectivity index (χ3n) is 18.2. The van der Waals surface area contributed by atoms with Crippen LogP contribution in [-0.4, -0.2) is 0 Å². The number of fused-ring (bicyclic) bond motifs is 13. The minimum atomic E-state index is -0.498. The second-order valence-corrected chi connectivity index (χ2v) is 23.7. The maximum Gasteiger partial charge on any atom is 0.0726 e. The average molecular weight is 880 g/mol. The quantitative estimate of drug-likeness (QED) is 0.170. The number of rotatable bonds is 4. The Kier molecular flexibility index (Phi) is 8.40. The summed E-state index contributed by atoms with van der Waals surface area (Å²) in [6.07, 6.45) is 7.02. The van der Waals surface area contributed by atoms with E-state index in [9.17, 15) is 0 Å². The number of hydrogen-bond acceptors (Lipinski definition) is 1. The first-order valence-electron chi connectivity index (χ1n) is 25.7. The molecular weight excluding hydrogens is 819 g/mol. The molecule has 7 aliphatic carbocycles. The molecule has 0 atom stereocenters. The highest BCUT2D eigenvalue weighted by Crippen LogP contribution is 2.70. The monoisotopic (exact) mass is 879 g/mol. The van der Waals surface area contributed by atoms with Crippen molar-refractivity contribution >= 4 is 17.1 Å². The molecule has 0 heterocycles. The van der Waals surface area contributed by atoms with E-state index in [1.807, 2.05) is 0 Å². The zero-order valence-corrected chi connectivity index (χ0v) is 40.5. The lowest BCUT2D eigenvalue weighted by molar-refractivity contribution is -0.0399. The van der Waals surface area contributed by atoms with Crippen molar-refractivity contribution in [2.45, 2.75) is 95.3 Å². The molecule has 4 saturated carbocycles. The van der Waals surface area contributed by atoms with Gasteiger partial charge in [-0.05, 0) is 180 Å². The molecule has 1 nitrogen and oxygen atoms in total. The van der Waals surface area contributed by atoms with Gasteiger partial charge in [-0.1, -0.05) is 187 Å². The van der Waals surface area contributed by atoms with Crippen LogP contribution in [0.2, 0.25) is 0 Å². The van der Waals surface area contributed by atoms with Gasteiger partial charge in [0.25, 0.3) is 0 Å². The van der Waals surface area contributed by atoms with Crippen molar-refractivity contribution in [1.82, 2.24) is 0 Å². The second-order valence-electron chi connectivity index (χ2n) is 23.7. The molecule has 4 fully saturated rings. The topological polar surface area (TPSA) is 3.24 Å². The van der Waals surface area contributed by atoms with Crippen molar-refractivity contribution in [2.24, 2.45) is 23.7 Å². The normalized spacial score (nSPS) is 22.7. The van der Waals surface area contributed by atoms with E-state index in [-0.39, 0.29) is 16.2 Å². The smallest absolute Gasteiger partial charge is 0.0726 e. The van der Waals surface area contributed by atoms with Crippen LogP contribution in [0.4, 0.5) is 17.1 Å². The molecule has 8 aromatic rings. The van der Waals surface area contributed by atoms with Crippen molar-refractivity contribution in [2.75, 3.05) is 4.90 Å². The summed E-state index contributed by atoms with van der Waals surface area (Å²) in [5.74, 6) is 3.28. The summed E-state index contributed by atoms with van der Waals surface area (Å²) in [4.78, 5) is 2.61. The summed E-state index contributed by atoms with van der Waals surface area (Å²) in [6.45, 7) is 14.2. The van der Waals surface area contributed by atoms with Gasteiger partial charge in [-0.3, -0.25) is 0 Å². The number of benzene rings is 8. The maximum atomic E-state index is 2.61. The van der Waals surface area contributed by atoms with Gasteiger partial charge in [0.05, 0.1) is 11.1 Å². The molecule has 8 aromatic carbocycles. The van der Waals surface area contributed by atoms with Crippen LogP contribution in [0.25, 0.3) is 44.5 Å². The Bertz CT molecular complexity index is 3300. The first kappa shape index (κ1) is 40.6. The van der Waals surface area contributed by atoms with E-state index in [2.05, 4.69) is 222 Å². The van der Waals surface area contributed by atoms with Gasteiger partial charge in [-0.2, -0.15) is 0 Å². The third kappa shape index (κ3) is 5.40. The second kappa shape index (κ2) is 14.1. The summed E-state index contributed by atoms with van der Waals surface area (Å²) in [7, 11) is 0. The van der Waals surface area contributed by atoms with Crippen LogP contribution in [0.5, 0.6) is 0 Å². The Labute approximate surface area is 403 Å². The first-order chi connectivity index (χ1) is 32.9. The highest BCUT2D eigenvalue weighted by atomic mass is 15.1. The Hall–Kier alpha value is -6.44. The summed E-state index contributed by atoms with van der Waals surface area (Å²) in [5.41, 5.74) is 25.4. The van der Waals surface area contributed by atoms with E-state index in [0.29, 0.717) is 0 Å². The van der Waals surface area contributed by atoms with E-state index in [1.54, 1.807) is 11.1 Å². The fourth-order valence-electron chi connectivity index (χ4n) is 15.5. The summed E-state index contributed by atoms with van der Waals surface area (Å²) >= 11 is 0. The Morgan fingerprint density at radius 2 is 0.824 bits per heavy atom. The van der Waals surface area contributed by atoms with Crippen LogP contribution in [0.3, 0.4) is 0 Å². The molecule has 0 unspecified atom stereocenters. The van der Waals surface area contributed by atoms with Crippen molar-refractivity contribution < 1.29 is 0 Å². The molecule has 7 aliphatic rings. The van der Waals surface area contributed by atoms with E-state index >= 15 is 0 Å². The van der Waals surface area contributed by atoms with Crippen LogP contribution >= 0.6 is 0 Å². The molecule has 0 aliphatic heterocycles. The molecule has 0 aromatic heterocycles. The Balaban J connectivity index is 1.04. The van der Waals surface area contributed by atoms with E-state index in [1.165, 1.54) is 127 Å². The molecule has 0 radical (unpaired) electrons. The van der Waals surface area contributed by atoms with Gasteiger partial charge in [0.1, 0.15) is 0 Å². The van der Waals surface area contributed by atoms with Gasteiger partial charge >= 0.3 is 0 Å². The minimum Gasteiger partial charge on any atom is -0.310 e. The average Bonchev–Trinajstić information content (AvgIpc) is 3.92. The molecule has 68 heavy (non-hydrogen) atoms. The van der Waals surface area contributed by atoms with Crippen molar-refractivity contribution in [3.8, 4) is 44.5 Å². The number of hydrogen-bond donors (Lipinski definition) is 0. The molecule has 0 N–H and O–H groups in total. The van der Waals surface area contributed by atoms with Crippen molar-refractivity contribution in [3.05, 3.63) is 220 Å². The number of anilines is 3. The number of para-hydroxylation sites is 1. The van der Waals surface area contributed by atoms with Gasteiger partial charge < -0.3 is 4.90 Å². The van der Waals surface area contributed by atoms with E-state index in [0.717, 1.165) is 23.7 Å². The van der Waals surface area contributed by atoms with E-state index < -0.39 is 5.41 Å². The molecule has 2 spiro atoms. The molecular formula is C67H61N. The summed E-state index contributed by atoms with van der Waals surface area (Å²) in [6, 6.07) is 69.0. The maximum absolute atomic E-state index is 2.61. The fraction of sp³-hybridized carbons (Fsp3) is 0.284. The van der Waals surface area contributed by atoms with Gasteiger partial charge in [0.15, 0.2) is 0 Å². The molecule has 4 bridgehead atoms. The van der Waals surface area contributed by atoms with Crippen LogP contribution in [0.1, 0.15) is 118 Å². The van der Waals surface area contributed by atoms with Crippen molar-refractivity contribution in [3.63, 3.8) is 0 Å². The summed E-state index contributed by atoms with van der Waals surface area (Å²) < 4.78 is 0. The highest BCUT2D eigenvalue weighted by Gasteiger charge is 2.61. The molecule has 334 valence electrons. The summed E-state index contributed by atoms with van der Waals surface area (Å²) in [5, 5.41) is 0. The molecule has 0 saturated heterocycles. The largest absolute Gasteiger partial charge is 0.310 e. The lowest BCUT2D eigenvalue weighted by Gasteiger charge is -2.61. The molecule has 0 amide bonds. The predicted molar refractivity (Wildman–Crippen MR) is 284 cm³/mol. The van der Waals surface area contributed by atoms with Crippen molar-refractivity contribution in [1.29, 1.82) is 0 Å².